The first-order valence-corrected chi connectivity index (χ1v) is 10.4. The molecule has 0 atom stereocenters. The Balaban J connectivity index is 1.65. The van der Waals surface area contributed by atoms with Crippen molar-refractivity contribution in [3.63, 3.8) is 0 Å². The molecule has 0 bridgehead atoms. The van der Waals surface area contributed by atoms with Gasteiger partial charge in [0.05, 0.1) is 4.91 Å². The van der Waals surface area contributed by atoms with E-state index >= 15 is 0 Å². The van der Waals surface area contributed by atoms with E-state index in [4.69, 9.17) is 33.3 Å². The summed E-state index contributed by atoms with van der Waals surface area (Å²) in [6.07, 6.45) is 1.77. The van der Waals surface area contributed by atoms with Crippen LogP contribution in [0.5, 0.6) is 11.5 Å². The zero-order chi connectivity index (χ0) is 19.4. The highest BCUT2D eigenvalue weighted by molar-refractivity contribution is 9.10. The van der Waals surface area contributed by atoms with E-state index in [0.29, 0.717) is 33.2 Å². The molecule has 0 saturated carbocycles. The van der Waals surface area contributed by atoms with E-state index in [1.807, 2.05) is 37.3 Å². The summed E-state index contributed by atoms with van der Waals surface area (Å²) >= 11 is 15.7. The number of thiocarbonyl (C=S) groups is 1. The number of nitrogens with one attached hydrogen (secondary N) is 1. The molecular formula is C19H15BrClNO3S2. The van der Waals surface area contributed by atoms with E-state index in [2.05, 4.69) is 21.2 Å². The lowest BCUT2D eigenvalue weighted by molar-refractivity contribution is -0.115. The molecule has 0 unspecified atom stereocenters. The smallest absolute Gasteiger partial charge is 0.263 e. The molecule has 1 heterocycles. The standard InChI is InChI=1S/C19H15BrClNO3S2/c1-11-8-14(3-4-15(11)21)24-6-7-25-16-5-2-13(20)9-12(16)10-17-18(23)22-19(26)27-17/h2-5,8-10H,6-7H2,1H3,(H,22,23,26). The molecule has 1 saturated heterocycles. The molecular weight excluding hydrogens is 470 g/mol. The maximum absolute atomic E-state index is 11.9. The van der Waals surface area contributed by atoms with Crippen molar-refractivity contribution in [1.29, 1.82) is 0 Å². The Morgan fingerprint density at radius 1 is 1.22 bits per heavy atom. The Labute approximate surface area is 180 Å². The molecule has 0 aromatic heterocycles. The molecule has 1 N–H and O–H groups in total. The van der Waals surface area contributed by atoms with E-state index in [-0.39, 0.29) is 5.91 Å². The second-order valence-corrected chi connectivity index (χ2v) is 8.68. The third-order valence-corrected chi connectivity index (χ3v) is 5.72. The number of carbonyl (C=O) groups is 1. The molecule has 1 fully saturated rings. The molecule has 2 aromatic carbocycles. The summed E-state index contributed by atoms with van der Waals surface area (Å²) in [5, 5.41) is 3.31. The Bertz CT molecular complexity index is 933. The number of hydrogen-bond donors (Lipinski definition) is 1. The quantitative estimate of drug-likeness (QED) is 0.340. The van der Waals surface area contributed by atoms with E-state index in [1.54, 1.807) is 12.1 Å². The van der Waals surface area contributed by atoms with Gasteiger partial charge in [0.15, 0.2) is 0 Å². The van der Waals surface area contributed by atoms with Crippen LogP contribution in [0.3, 0.4) is 0 Å². The summed E-state index contributed by atoms with van der Waals surface area (Å²) in [6.45, 7) is 2.67. The minimum Gasteiger partial charge on any atom is -0.490 e. The van der Waals surface area contributed by atoms with Crippen molar-refractivity contribution in [2.75, 3.05) is 13.2 Å². The van der Waals surface area contributed by atoms with Crippen LogP contribution in [0.25, 0.3) is 6.08 Å². The second kappa shape index (κ2) is 9.10. The van der Waals surface area contributed by atoms with Gasteiger partial charge in [0.2, 0.25) is 0 Å². The summed E-state index contributed by atoms with van der Waals surface area (Å²) in [7, 11) is 0. The third-order valence-electron chi connectivity index (χ3n) is 3.64. The number of aryl methyl sites for hydroxylation is 1. The van der Waals surface area contributed by atoms with Gasteiger partial charge in [-0.15, -0.1) is 0 Å². The first-order valence-electron chi connectivity index (χ1n) is 7.98. The van der Waals surface area contributed by atoms with Gasteiger partial charge in [0.1, 0.15) is 29.0 Å². The lowest BCUT2D eigenvalue weighted by Crippen LogP contribution is -2.17. The van der Waals surface area contributed by atoms with Gasteiger partial charge in [-0.25, -0.2) is 0 Å². The molecule has 0 radical (unpaired) electrons. The Hall–Kier alpha value is -1.54. The van der Waals surface area contributed by atoms with Crippen molar-refractivity contribution in [1.82, 2.24) is 5.32 Å². The lowest BCUT2D eigenvalue weighted by atomic mass is 10.2. The van der Waals surface area contributed by atoms with Crippen LogP contribution in [0.1, 0.15) is 11.1 Å². The maximum Gasteiger partial charge on any atom is 0.263 e. The van der Waals surface area contributed by atoms with E-state index in [1.165, 1.54) is 11.8 Å². The van der Waals surface area contributed by atoms with Crippen LogP contribution in [-0.4, -0.2) is 23.4 Å². The average Bonchev–Trinajstić information content (AvgIpc) is 2.93. The fourth-order valence-corrected chi connectivity index (χ4v) is 3.88. The molecule has 0 aliphatic carbocycles. The van der Waals surface area contributed by atoms with Crippen molar-refractivity contribution in [3.8, 4) is 11.5 Å². The van der Waals surface area contributed by atoms with Gasteiger partial charge in [-0.05, 0) is 55.0 Å². The normalized spacial score (nSPS) is 15.1. The number of halogens is 2. The topological polar surface area (TPSA) is 47.6 Å². The van der Waals surface area contributed by atoms with Crippen molar-refractivity contribution in [2.24, 2.45) is 0 Å². The summed E-state index contributed by atoms with van der Waals surface area (Å²) in [6, 6.07) is 11.1. The number of amides is 1. The number of hydrogen-bond acceptors (Lipinski definition) is 5. The van der Waals surface area contributed by atoms with Crippen LogP contribution in [-0.2, 0) is 4.79 Å². The minimum absolute atomic E-state index is 0.197. The number of ether oxygens (including phenoxy) is 2. The highest BCUT2D eigenvalue weighted by atomic mass is 79.9. The van der Waals surface area contributed by atoms with Crippen LogP contribution in [0, 0.1) is 6.92 Å². The van der Waals surface area contributed by atoms with Gasteiger partial charge in [-0.1, -0.05) is 51.5 Å². The van der Waals surface area contributed by atoms with Crippen LogP contribution in [0.4, 0.5) is 0 Å². The first-order chi connectivity index (χ1) is 12.9. The second-order valence-electron chi connectivity index (χ2n) is 5.64. The average molecular weight is 485 g/mol. The molecule has 3 rings (SSSR count). The highest BCUT2D eigenvalue weighted by Crippen LogP contribution is 2.31. The van der Waals surface area contributed by atoms with Gasteiger partial charge in [0.25, 0.3) is 5.91 Å². The molecule has 27 heavy (non-hydrogen) atoms. The fourth-order valence-electron chi connectivity index (χ4n) is 2.34. The SMILES string of the molecule is Cc1cc(OCCOc2ccc(Br)cc2C=C2SC(=S)NC2=O)ccc1Cl. The number of carbonyl (C=O) groups excluding carboxylic acids is 1. The zero-order valence-corrected chi connectivity index (χ0v) is 18.2. The van der Waals surface area contributed by atoms with E-state index in [0.717, 1.165) is 21.3 Å². The first kappa shape index (κ1) is 20.2. The van der Waals surface area contributed by atoms with E-state index in [9.17, 15) is 4.79 Å². The monoisotopic (exact) mass is 483 g/mol. The number of thioether (sulfide) groups is 1. The molecule has 8 heteroatoms. The zero-order valence-electron chi connectivity index (χ0n) is 14.3. The predicted molar refractivity (Wildman–Crippen MR) is 118 cm³/mol. The summed E-state index contributed by atoms with van der Waals surface area (Å²) < 4.78 is 12.9. The van der Waals surface area contributed by atoms with Crippen LogP contribution >= 0.6 is 51.5 Å². The molecule has 4 nitrogen and oxygen atoms in total. The van der Waals surface area contributed by atoms with Gasteiger partial charge in [0, 0.05) is 15.1 Å². The third kappa shape index (κ3) is 5.48. The van der Waals surface area contributed by atoms with E-state index < -0.39 is 0 Å². The predicted octanol–water partition coefficient (Wildman–Crippen LogP) is 5.36. The summed E-state index contributed by atoms with van der Waals surface area (Å²) in [4.78, 5) is 12.4. The number of rotatable bonds is 6. The van der Waals surface area contributed by atoms with Gasteiger partial charge >= 0.3 is 0 Å². The fraction of sp³-hybridized carbons (Fsp3) is 0.158. The summed E-state index contributed by atoms with van der Waals surface area (Å²) in [5.74, 6) is 1.20. The highest BCUT2D eigenvalue weighted by Gasteiger charge is 2.22. The van der Waals surface area contributed by atoms with Crippen molar-refractivity contribution in [2.45, 2.75) is 6.92 Å². The molecule has 2 aromatic rings. The Kier molecular flexibility index (Phi) is 6.81. The van der Waals surface area contributed by atoms with Crippen molar-refractivity contribution in [3.05, 3.63) is 61.9 Å². The van der Waals surface area contributed by atoms with Gasteiger partial charge in [-0.3, -0.25) is 4.79 Å². The Morgan fingerprint density at radius 3 is 2.70 bits per heavy atom. The van der Waals surface area contributed by atoms with Crippen LogP contribution in [0.15, 0.2) is 45.8 Å². The molecule has 1 aliphatic heterocycles. The molecule has 140 valence electrons. The van der Waals surface area contributed by atoms with Crippen molar-refractivity contribution < 1.29 is 14.3 Å². The van der Waals surface area contributed by atoms with Crippen LogP contribution < -0.4 is 14.8 Å². The molecule has 1 amide bonds. The number of benzene rings is 2. The molecule has 0 spiro atoms. The molecule has 1 aliphatic rings. The minimum atomic E-state index is -0.197. The largest absolute Gasteiger partial charge is 0.490 e. The van der Waals surface area contributed by atoms with Gasteiger partial charge < -0.3 is 14.8 Å². The Morgan fingerprint density at radius 2 is 2.00 bits per heavy atom. The van der Waals surface area contributed by atoms with Gasteiger partial charge in [-0.2, -0.15) is 0 Å². The summed E-state index contributed by atoms with van der Waals surface area (Å²) in [5.41, 5.74) is 1.75. The van der Waals surface area contributed by atoms with Crippen LogP contribution in [0.2, 0.25) is 5.02 Å². The lowest BCUT2D eigenvalue weighted by Gasteiger charge is -2.12. The van der Waals surface area contributed by atoms with Crippen molar-refractivity contribution >= 4 is 67.8 Å². The maximum atomic E-state index is 11.9.